The SMILES string of the molecule is O=C(O)CC1COC(C(F)(F)F)CN1C(=O)OCc1ccccc1. The van der Waals surface area contributed by atoms with Gasteiger partial charge in [-0.2, -0.15) is 13.2 Å². The van der Waals surface area contributed by atoms with E-state index in [9.17, 15) is 22.8 Å². The summed E-state index contributed by atoms with van der Waals surface area (Å²) in [4.78, 5) is 23.7. The number of ether oxygens (including phenoxy) is 2. The second-order valence-corrected chi connectivity index (χ2v) is 5.31. The van der Waals surface area contributed by atoms with Crippen molar-refractivity contribution < 1.29 is 37.3 Å². The number of morpholine rings is 1. The van der Waals surface area contributed by atoms with Crippen LogP contribution in [0.25, 0.3) is 0 Å². The summed E-state index contributed by atoms with van der Waals surface area (Å²) in [6, 6.07) is 7.60. The Morgan fingerprint density at radius 2 is 1.96 bits per heavy atom. The van der Waals surface area contributed by atoms with E-state index in [0.717, 1.165) is 4.90 Å². The van der Waals surface area contributed by atoms with Crippen LogP contribution in [0.1, 0.15) is 12.0 Å². The van der Waals surface area contributed by atoms with Crippen LogP contribution in [0.2, 0.25) is 0 Å². The number of benzene rings is 1. The van der Waals surface area contributed by atoms with Crippen molar-refractivity contribution in [2.75, 3.05) is 13.2 Å². The molecule has 6 nitrogen and oxygen atoms in total. The average molecular weight is 347 g/mol. The molecule has 1 amide bonds. The van der Waals surface area contributed by atoms with Crippen LogP contribution in [0.3, 0.4) is 0 Å². The van der Waals surface area contributed by atoms with Gasteiger partial charge >= 0.3 is 18.2 Å². The second-order valence-electron chi connectivity index (χ2n) is 5.31. The number of alkyl halides is 3. The normalized spacial score (nSPS) is 21.4. The number of hydrogen-bond acceptors (Lipinski definition) is 4. The summed E-state index contributed by atoms with van der Waals surface area (Å²) in [6.07, 6.45) is -8.33. The van der Waals surface area contributed by atoms with Crippen molar-refractivity contribution >= 4 is 12.1 Å². The standard InChI is InChI=1S/C15H16F3NO5/c16-15(17,18)12-7-19(11(9-23-12)6-13(20)21)14(22)24-8-10-4-2-1-3-5-10/h1-5,11-12H,6-9H2,(H,20,21). The highest BCUT2D eigenvalue weighted by Crippen LogP contribution is 2.28. The van der Waals surface area contributed by atoms with E-state index in [1.54, 1.807) is 30.3 Å². The maximum Gasteiger partial charge on any atom is 0.416 e. The Bertz CT molecular complexity index is 578. The van der Waals surface area contributed by atoms with E-state index in [1.807, 2.05) is 0 Å². The molecule has 1 aromatic rings. The maximum absolute atomic E-state index is 12.8. The summed E-state index contributed by atoms with van der Waals surface area (Å²) >= 11 is 0. The van der Waals surface area contributed by atoms with Gasteiger partial charge in [0.25, 0.3) is 0 Å². The first-order chi connectivity index (χ1) is 11.3. The maximum atomic E-state index is 12.8. The quantitative estimate of drug-likeness (QED) is 0.905. The molecule has 1 saturated heterocycles. The van der Waals surface area contributed by atoms with Crippen LogP contribution in [0.15, 0.2) is 30.3 Å². The highest BCUT2D eigenvalue weighted by atomic mass is 19.4. The molecule has 0 bridgehead atoms. The van der Waals surface area contributed by atoms with Crippen LogP contribution in [0.5, 0.6) is 0 Å². The second kappa shape index (κ2) is 7.52. The Morgan fingerprint density at radius 3 is 2.54 bits per heavy atom. The highest BCUT2D eigenvalue weighted by Gasteiger charge is 2.47. The van der Waals surface area contributed by atoms with Crippen molar-refractivity contribution in [1.82, 2.24) is 4.90 Å². The van der Waals surface area contributed by atoms with Gasteiger partial charge in [0.2, 0.25) is 0 Å². The molecule has 0 saturated carbocycles. The number of carboxylic acids is 1. The summed E-state index contributed by atoms with van der Waals surface area (Å²) < 4.78 is 48.1. The molecule has 0 radical (unpaired) electrons. The molecule has 2 atom stereocenters. The molecular formula is C15H16F3NO5. The van der Waals surface area contributed by atoms with Gasteiger partial charge in [0.1, 0.15) is 6.61 Å². The molecule has 1 aliphatic heterocycles. The van der Waals surface area contributed by atoms with Crippen LogP contribution in [0.4, 0.5) is 18.0 Å². The summed E-state index contributed by atoms with van der Waals surface area (Å²) in [5.41, 5.74) is 0.668. The topological polar surface area (TPSA) is 76.1 Å². The lowest BCUT2D eigenvalue weighted by atomic mass is 10.1. The minimum absolute atomic E-state index is 0.118. The zero-order chi connectivity index (χ0) is 17.7. The van der Waals surface area contributed by atoms with E-state index in [-0.39, 0.29) is 6.61 Å². The third kappa shape index (κ3) is 4.85. The first-order valence-corrected chi connectivity index (χ1v) is 7.15. The molecule has 1 N–H and O–H groups in total. The predicted molar refractivity (Wildman–Crippen MR) is 75.2 cm³/mol. The molecule has 1 aliphatic rings. The van der Waals surface area contributed by atoms with Gasteiger partial charge in [-0.3, -0.25) is 9.69 Å². The molecular weight excluding hydrogens is 331 g/mol. The number of halogens is 3. The number of carboxylic acid groups (broad SMARTS) is 1. The molecule has 1 heterocycles. The summed E-state index contributed by atoms with van der Waals surface area (Å²) in [5.74, 6) is -1.24. The first kappa shape index (κ1) is 18.1. The molecule has 1 aromatic carbocycles. The van der Waals surface area contributed by atoms with Gasteiger partial charge in [-0.25, -0.2) is 4.79 Å². The molecule has 2 rings (SSSR count). The number of carbonyl (C=O) groups is 2. The number of amides is 1. The molecule has 24 heavy (non-hydrogen) atoms. The largest absolute Gasteiger partial charge is 0.481 e. The van der Waals surface area contributed by atoms with E-state index in [4.69, 9.17) is 9.84 Å². The Hall–Kier alpha value is -2.29. The van der Waals surface area contributed by atoms with Crippen LogP contribution in [-0.4, -0.2) is 53.5 Å². The zero-order valence-electron chi connectivity index (χ0n) is 12.5. The van der Waals surface area contributed by atoms with Gasteiger partial charge in [0.05, 0.1) is 25.6 Å². The number of carbonyl (C=O) groups excluding carboxylic acids is 1. The van der Waals surface area contributed by atoms with Gasteiger partial charge < -0.3 is 14.6 Å². The lowest BCUT2D eigenvalue weighted by molar-refractivity contribution is -0.241. The van der Waals surface area contributed by atoms with E-state index in [0.29, 0.717) is 5.56 Å². The van der Waals surface area contributed by atoms with E-state index >= 15 is 0 Å². The number of aliphatic carboxylic acids is 1. The molecule has 9 heteroatoms. The molecule has 0 aliphatic carbocycles. The van der Waals surface area contributed by atoms with E-state index in [1.165, 1.54) is 0 Å². The minimum atomic E-state index is -4.65. The molecule has 1 fully saturated rings. The Morgan fingerprint density at radius 1 is 1.29 bits per heavy atom. The molecule has 0 spiro atoms. The van der Waals surface area contributed by atoms with Gasteiger partial charge in [0, 0.05) is 0 Å². The highest BCUT2D eigenvalue weighted by molar-refractivity contribution is 5.71. The van der Waals surface area contributed by atoms with Crippen molar-refractivity contribution in [2.24, 2.45) is 0 Å². The van der Waals surface area contributed by atoms with E-state index in [2.05, 4.69) is 4.74 Å². The fourth-order valence-corrected chi connectivity index (χ4v) is 2.29. The lowest BCUT2D eigenvalue weighted by Gasteiger charge is -2.38. The number of rotatable bonds is 4. The van der Waals surface area contributed by atoms with Crippen molar-refractivity contribution in [2.45, 2.75) is 31.3 Å². The summed E-state index contributed by atoms with van der Waals surface area (Å²) in [6.45, 7) is -1.43. The fraction of sp³-hybridized carbons (Fsp3) is 0.467. The third-order valence-electron chi connectivity index (χ3n) is 3.51. The Kier molecular flexibility index (Phi) is 5.66. The van der Waals surface area contributed by atoms with Gasteiger partial charge in [-0.1, -0.05) is 30.3 Å². The van der Waals surface area contributed by atoms with Crippen molar-refractivity contribution in [3.05, 3.63) is 35.9 Å². The monoisotopic (exact) mass is 347 g/mol. The number of hydrogen-bond donors (Lipinski definition) is 1. The predicted octanol–water partition coefficient (Wildman–Crippen LogP) is 2.43. The van der Waals surface area contributed by atoms with Crippen LogP contribution < -0.4 is 0 Å². The number of nitrogens with zero attached hydrogens (tertiary/aromatic N) is 1. The Balaban J connectivity index is 2.04. The van der Waals surface area contributed by atoms with Crippen LogP contribution >= 0.6 is 0 Å². The molecule has 2 unspecified atom stereocenters. The summed E-state index contributed by atoms with van der Waals surface area (Å²) in [5, 5.41) is 8.84. The van der Waals surface area contributed by atoms with Crippen molar-refractivity contribution in [3.8, 4) is 0 Å². The van der Waals surface area contributed by atoms with E-state index < -0.39 is 50.0 Å². The van der Waals surface area contributed by atoms with Crippen LogP contribution in [-0.2, 0) is 20.9 Å². The lowest BCUT2D eigenvalue weighted by Crippen LogP contribution is -2.56. The van der Waals surface area contributed by atoms with Gasteiger partial charge in [-0.05, 0) is 5.56 Å². The average Bonchev–Trinajstić information content (AvgIpc) is 2.52. The fourth-order valence-electron chi connectivity index (χ4n) is 2.29. The molecule has 132 valence electrons. The molecule has 0 aromatic heterocycles. The zero-order valence-corrected chi connectivity index (χ0v) is 12.5. The first-order valence-electron chi connectivity index (χ1n) is 7.15. The van der Waals surface area contributed by atoms with Crippen LogP contribution in [0, 0.1) is 0 Å². The smallest absolute Gasteiger partial charge is 0.416 e. The third-order valence-corrected chi connectivity index (χ3v) is 3.51. The van der Waals surface area contributed by atoms with Crippen molar-refractivity contribution in [3.63, 3.8) is 0 Å². The minimum Gasteiger partial charge on any atom is -0.481 e. The van der Waals surface area contributed by atoms with Gasteiger partial charge in [0.15, 0.2) is 6.10 Å². The van der Waals surface area contributed by atoms with Gasteiger partial charge in [-0.15, -0.1) is 0 Å². The Labute approximate surface area is 135 Å². The van der Waals surface area contributed by atoms with Crippen molar-refractivity contribution in [1.29, 1.82) is 0 Å². The summed E-state index contributed by atoms with van der Waals surface area (Å²) in [7, 11) is 0.